The summed E-state index contributed by atoms with van der Waals surface area (Å²) in [5, 5.41) is 1.14. The summed E-state index contributed by atoms with van der Waals surface area (Å²) in [5.74, 6) is 0. The van der Waals surface area contributed by atoms with Gasteiger partial charge in [0.2, 0.25) is 0 Å². The summed E-state index contributed by atoms with van der Waals surface area (Å²) in [6, 6.07) is 10.7. The number of nitrogens with zero attached hydrogens (tertiary/aromatic N) is 1. The van der Waals surface area contributed by atoms with Crippen LogP contribution in [-0.2, 0) is 12.8 Å². The van der Waals surface area contributed by atoms with Crippen LogP contribution >= 0.6 is 11.3 Å². The molecule has 0 bridgehead atoms. The summed E-state index contributed by atoms with van der Waals surface area (Å²) < 4.78 is 0. The number of aryl methyl sites for hydroxylation is 1. The van der Waals surface area contributed by atoms with E-state index in [1.807, 2.05) is 6.07 Å². The van der Waals surface area contributed by atoms with Crippen molar-refractivity contribution in [3.05, 3.63) is 40.9 Å². The molecule has 0 aliphatic heterocycles. The fraction of sp³-hybridized carbons (Fsp3) is 0.308. The van der Waals surface area contributed by atoms with Gasteiger partial charge in [0.15, 0.2) is 0 Å². The molecule has 2 aromatic rings. The number of aromatic nitrogens is 1. The molecule has 0 amide bonds. The standard InChI is InChI=1S/C13H14N2S/c14-10-6-7-11-12(8-10)16-13(15-11)9-4-2-1-3-5-9/h1-5,10H,6-8,14H2/t10-/m0/s1. The number of hydrogen-bond acceptors (Lipinski definition) is 3. The first-order valence-electron chi connectivity index (χ1n) is 5.62. The molecule has 2 N–H and O–H groups in total. The molecule has 1 aromatic heterocycles. The maximum atomic E-state index is 5.98. The molecule has 16 heavy (non-hydrogen) atoms. The zero-order valence-electron chi connectivity index (χ0n) is 9.02. The third-order valence-corrected chi connectivity index (χ3v) is 4.17. The first kappa shape index (κ1) is 10.00. The van der Waals surface area contributed by atoms with Gasteiger partial charge in [-0.25, -0.2) is 4.98 Å². The Morgan fingerprint density at radius 1 is 1.25 bits per heavy atom. The minimum Gasteiger partial charge on any atom is -0.327 e. The summed E-state index contributed by atoms with van der Waals surface area (Å²) >= 11 is 1.80. The van der Waals surface area contributed by atoms with Crippen LogP contribution in [-0.4, -0.2) is 11.0 Å². The second kappa shape index (κ2) is 4.00. The fourth-order valence-corrected chi connectivity index (χ4v) is 3.31. The van der Waals surface area contributed by atoms with Crippen molar-refractivity contribution in [3.8, 4) is 10.6 Å². The Balaban J connectivity index is 1.99. The molecule has 1 aliphatic rings. The maximum absolute atomic E-state index is 5.98. The van der Waals surface area contributed by atoms with Crippen molar-refractivity contribution in [1.29, 1.82) is 0 Å². The van der Waals surface area contributed by atoms with E-state index in [4.69, 9.17) is 10.7 Å². The summed E-state index contributed by atoms with van der Waals surface area (Å²) in [7, 11) is 0. The molecule has 2 nitrogen and oxygen atoms in total. The molecule has 3 rings (SSSR count). The van der Waals surface area contributed by atoms with Gasteiger partial charge in [0.05, 0.1) is 5.69 Å². The number of hydrogen-bond donors (Lipinski definition) is 1. The van der Waals surface area contributed by atoms with E-state index >= 15 is 0 Å². The van der Waals surface area contributed by atoms with E-state index in [2.05, 4.69) is 24.3 Å². The molecule has 1 aliphatic carbocycles. The van der Waals surface area contributed by atoms with Gasteiger partial charge >= 0.3 is 0 Å². The van der Waals surface area contributed by atoms with Crippen LogP contribution in [0.5, 0.6) is 0 Å². The Morgan fingerprint density at radius 2 is 2.06 bits per heavy atom. The lowest BCUT2D eigenvalue weighted by atomic mass is 9.99. The molecule has 0 saturated heterocycles. The Bertz CT molecular complexity index is 490. The zero-order valence-corrected chi connectivity index (χ0v) is 9.83. The molecule has 1 atom stereocenters. The molecule has 82 valence electrons. The summed E-state index contributed by atoms with van der Waals surface area (Å²) in [5.41, 5.74) is 8.46. The van der Waals surface area contributed by atoms with E-state index in [-0.39, 0.29) is 0 Å². The fourth-order valence-electron chi connectivity index (χ4n) is 2.10. The molecule has 0 fully saturated rings. The number of benzene rings is 1. The van der Waals surface area contributed by atoms with Crippen LogP contribution in [0, 0.1) is 0 Å². The van der Waals surface area contributed by atoms with Gasteiger partial charge in [0.1, 0.15) is 5.01 Å². The van der Waals surface area contributed by atoms with E-state index in [1.165, 1.54) is 16.1 Å². The molecule has 0 saturated carbocycles. The van der Waals surface area contributed by atoms with Crippen LogP contribution in [0.25, 0.3) is 10.6 Å². The smallest absolute Gasteiger partial charge is 0.123 e. The molecule has 3 heteroatoms. The minimum atomic E-state index is 0.330. The molecule has 1 aromatic carbocycles. The highest BCUT2D eigenvalue weighted by Crippen LogP contribution is 2.32. The Kier molecular flexibility index (Phi) is 2.50. The minimum absolute atomic E-state index is 0.330. The van der Waals surface area contributed by atoms with Gasteiger partial charge in [-0.05, 0) is 19.3 Å². The first-order valence-corrected chi connectivity index (χ1v) is 6.44. The van der Waals surface area contributed by atoms with Gasteiger partial charge in [-0.1, -0.05) is 30.3 Å². The number of rotatable bonds is 1. The van der Waals surface area contributed by atoms with Gasteiger partial charge in [0.25, 0.3) is 0 Å². The molecule has 0 spiro atoms. The summed E-state index contributed by atoms with van der Waals surface area (Å²) in [6.45, 7) is 0. The van der Waals surface area contributed by atoms with Crippen molar-refractivity contribution < 1.29 is 0 Å². The van der Waals surface area contributed by atoms with E-state index in [1.54, 1.807) is 11.3 Å². The van der Waals surface area contributed by atoms with E-state index in [0.717, 1.165) is 24.3 Å². The van der Waals surface area contributed by atoms with E-state index < -0.39 is 0 Å². The lowest BCUT2D eigenvalue weighted by Crippen LogP contribution is -2.26. The number of nitrogens with two attached hydrogens (primary N) is 1. The van der Waals surface area contributed by atoms with Gasteiger partial charge in [0, 0.05) is 16.5 Å². The van der Waals surface area contributed by atoms with Crippen LogP contribution in [0.1, 0.15) is 17.0 Å². The highest BCUT2D eigenvalue weighted by Gasteiger charge is 2.20. The lowest BCUT2D eigenvalue weighted by Gasteiger charge is -2.15. The van der Waals surface area contributed by atoms with Gasteiger partial charge in [-0.2, -0.15) is 0 Å². The first-order chi connectivity index (χ1) is 7.83. The van der Waals surface area contributed by atoms with E-state index in [9.17, 15) is 0 Å². The van der Waals surface area contributed by atoms with Crippen molar-refractivity contribution in [2.75, 3.05) is 0 Å². The predicted octanol–water partition coefficient (Wildman–Crippen LogP) is 2.63. The second-order valence-electron chi connectivity index (χ2n) is 4.26. The Morgan fingerprint density at radius 3 is 2.88 bits per heavy atom. The summed E-state index contributed by atoms with van der Waals surface area (Å²) in [4.78, 5) is 6.11. The van der Waals surface area contributed by atoms with Crippen LogP contribution in [0.2, 0.25) is 0 Å². The van der Waals surface area contributed by atoms with Crippen molar-refractivity contribution in [2.45, 2.75) is 25.3 Å². The topological polar surface area (TPSA) is 38.9 Å². The SMILES string of the molecule is N[C@H]1CCc2nc(-c3ccccc3)sc2C1. The third-order valence-electron chi connectivity index (χ3n) is 3.00. The van der Waals surface area contributed by atoms with Gasteiger partial charge < -0.3 is 5.73 Å². The lowest BCUT2D eigenvalue weighted by molar-refractivity contribution is 0.576. The van der Waals surface area contributed by atoms with Crippen molar-refractivity contribution in [3.63, 3.8) is 0 Å². The van der Waals surface area contributed by atoms with Gasteiger partial charge in [-0.3, -0.25) is 0 Å². The average molecular weight is 230 g/mol. The molecule has 0 radical (unpaired) electrons. The second-order valence-corrected chi connectivity index (χ2v) is 5.34. The third kappa shape index (κ3) is 1.77. The molecule has 0 unspecified atom stereocenters. The highest BCUT2D eigenvalue weighted by atomic mass is 32.1. The van der Waals surface area contributed by atoms with Crippen molar-refractivity contribution in [2.24, 2.45) is 5.73 Å². The maximum Gasteiger partial charge on any atom is 0.123 e. The average Bonchev–Trinajstić information content (AvgIpc) is 2.73. The Labute approximate surface area is 99.1 Å². The van der Waals surface area contributed by atoms with Crippen LogP contribution in [0.15, 0.2) is 30.3 Å². The quantitative estimate of drug-likeness (QED) is 0.818. The van der Waals surface area contributed by atoms with E-state index in [0.29, 0.717) is 6.04 Å². The molecule has 1 heterocycles. The largest absolute Gasteiger partial charge is 0.327 e. The Hall–Kier alpha value is -1.19. The molecular formula is C13H14N2S. The predicted molar refractivity (Wildman–Crippen MR) is 67.6 cm³/mol. The van der Waals surface area contributed by atoms with Crippen LogP contribution in [0.4, 0.5) is 0 Å². The van der Waals surface area contributed by atoms with Gasteiger partial charge in [-0.15, -0.1) is 11.3 Å². The number of fused-ring (bicyclic) bond motifs is 1. The normalized spacial score (nSPS) is 19.4. The number of thiazole rings is 1. The molecular weight excluding hydrogens is 216 g/mol. The highest BCUT2D eigenvalue weighted by molar-refractivity contribution is 7.15. The monoisotopic (exact) mass is 230 g/mol. The zero-order chi connectivity index (χ0) is 11.0. The van der Waals surface area contributed by atoms with Crippen LogP contribution < -0.4 is 5.73 Å². The van der Waals surface area contributed by atoms with Crippen molar-refractivity contribution >= 4 is 11.3 Å². The van der Waals surface area contributed by atoms with Crippen LogP contribution in [0.3, 0.4) is 0 Å². The summed E-state index contributed by atoms with van der Waals surface area (Å²) in [6.07, 6.45) is 3.12. The van der Waals surface area contributed by atoms with Crippen molar-refractivity contribution in [1.82, 2.24) is 4.98 Å².